The van der Waals surface area contributed by atoms with Gasteiger partial charge in [0.25, 0.3) is 11.9 Å². The topological polar surface area (TPSA) is 134 Å². The Labute approximate surface area is 110 Å². The van der Waals surface area contributed by atoms with E-state index in [0.717, 1.165) is 11.0 Å². The third-order valence-electron chi connectivity index (χ3n) is 2.55. The summed E-state index contributed by atoms with van der Waals surface area (Å²) in [5.74, 6) is 0.380. The molecular formula is C10H6N10. The maximum atomic E-state index is 4.11. The molecule has 20 heavy (non-hydrogen) atoms. The SMILES string of the molecule is c1nc2nc(N=Nc3ncc4[nH]cnc4n3)ncc2[nH]1. The number of hydrogen-bond acceptors (Lipinski definition) is 8. The number of nitrogens with zero attached hydrogens (tertiary/aromatic N) is 8. The minimum atomic E-state index is 0.190. The van der Waals surface area contributed by atoms with Crippen LogP contribution < -0.4 is 0 Å². The van der Waals surface area contributed by atoms with Gasteiger partial charge in [0, 0.05) is 0 Å². The first-order valence-electron chi connectivity index (χ1n) is 5.62. The Morgan fingerprint density at radius 2 is 1.20 bits per heavy atom. The fourth-order valence-electron chi connectivity index (χ4n) is 1.64. The second kappa shape index (κ2) is 4.12. The standard InChI is InChI=1S/C10H6N10/c1-5-7(15-3-13-5)17-9(11-1)19-20-10-12-2-6-8(18-10)16-4-14-6/h1-4H,(H,11,13,15,17)(H,12,14,16,18). The number of fused-ring (bicyclic) bond motifs is 2. The van der Waals surface area contributed by atoms with Gasteiger partial charge in [0.15, 0.2) is 11.3 Å². The van der Waals surface area contributed by atoms with Gasteiger partial charge in [-0.25, -0.2) is 19.9 Å². The molecule has 0 spiro atoms. The summed E-state index contributed by atoms with van der Waals surface area (Å²) in [6, 6.07) is 0. The van der Waals surface area contributed by atoms with E-state index < -0.39 is 0 Å². The first-order chi connectivity index (χ1) is 9.88. The highest BCUT2D eigenvalue weighted by Gasteiger charge is 2.02. The first kappa shape index (κ1) is 10.6. The van der Waals surface area contributed by atoms with E-state index in [0.29, 0.717) is 11.3 Å². The van der Waals surface area contributed by atoms with E-state index in [2.05, 4.69) is 50.1 Å². The molecule has 0 radical (unpaired) electrons. The molecule has 4 heterocycles. The second-order valence-electron chi connectivity index (χ2n) is 3.82. The summed E-state index contributed by atoms with van der Waals surface area (Å²) in [5, 5.41) is 7.77. The van der Waals surface area contributed by atoms with Gasteiger partial charge in [-0.1, -0.05) is 0 Å². The van der Waals surface area contributed by atoms with Gasteiger partial charge in [0.05, 0.1) is 25.0 Å². The van der Waals surface area contributed by atoms with Gasteiger partial charge < -0.3 is 9.97 Å². The molecule has 4 rings (SSSR count). The van der Waals surface area contributed by atoms with Crippen LogP contribution in [0.4, 0.5) is 11.9 Å². The van der Waals surface area contributed by atoms with Crippen LogP contribution in [0.1, 0.15) is 0 Å². The highest BCUT2D eigenvalue weighted by Crippen LogP contribution is 2.14. The van der Waals surface area contributed by atoms with Gasteiger partial charge in [-0.2, -0.15) is 9.97 Å². The fraction of sp³-hybridized carbons (Fsp3) is 0. The maximum absolute atomic E-state index is 4.11. The molecule has 0 aliphatic rings. The zero-order chi connectivity index (χ0) is 13.4. The van der Waals surface area contributed by atoms with Gasteiger partial charge in [0.1, 0.15) is 11.0 Å². The van der Waals surface area contributed by atoms with Crippen LogP contribution in [-0.4, -0.2) is 39.9 Å². The lowest BCUT2D eigenvalue weighted by Crippen LogP contribution is -1.83. The van der Waals surface area contributed by atoms with Crippen molar-refractivity contribution in [2.45, 2.75) is 0 Å². The number of rotatable bonds is 2. The largest absolute Gasteiger partial charge is 0.342 e. The summed E-state index contributed by atoms with van der Waals surface area (Å²) >= 11 is 0. The lowest BCUT2D eigenvalue weighted by molar-refractivity contribution is 1.03. The highest BCUT2D eigenvalue weighted by molar-refractivity contribution is 5.70. The Morgan fingerprint density at radius 3 is 1.70 bits per heavy atom. The van der Waals surface area contributed by atoms with E-state index in [1.165, 1.54) is 12.7 Å². The Bertz CT molecular complexity index is 844. The molecule has 0 aromatic carbocycles. The Morgan fingerprint density at radius 1 is 0.700 bits per heavy atom. The van der Waals surface area contributed by atoms with Gasteiger partial charge in [-0.3, -0.25) is 0 Å². The predicted octanol–water partition coefficient (Wildman–Crippen LogP) is 1.43. The van der Waals surface area contributed by atoms with Crippen molar-refractivity contribution in [3.05, 3.63) is 25.0 Å². The summed E-state index contributed by atoms with van der Waals surface area (Å²) in [6.07, 6.45) is 6.24. The second-order valence-corrected chi connectivity index (χ2v) is 3.82. The third kappa shape index (κ3) is 1.75. The number of H-pyrrole nitrogens is 2. The van der Waals surface area contributed by atoms with Gasteiger partial charge >= 0.3 is 0 Å². The van der Waals surface area contributed by atoms with Crippen molar-refractivity contribution < 1.29 is 0 Å². The molecular weight excluding hydrogens is 260 g/mol. The Hall–Kier alpha value is -3.30. The molecule has 2 N–H and O–H groups in total. The Balaban J connectivity index is 1.69. The van der Waals surface area contributed by atoms with Crippen molar-refractivity contribution in [3.63, 3.8) is 0 Å². The fourth-order valence-corrected chi connectivity index (χ4v) is 1.64. The van der Waals surface area contributed by atoms with Crippen molar-refractivity contribution in [2.24, 2.45) is 10.2 Å². The van der Waals surface area contributed by atoms with Gasteiger partial charge in [0.2, 0.25) is 0 Å². The summed E-state index contributed by atoms with van der Waals surface area (Å²) in [6.45, 7) is 0. The van der Waals surface area contributed by atoms with Crippen LogP contribution in [0.3, 0.4) is 0 Å². The van der Waals surface area contributed by atoms with E-state index in [4.69, 9.17) is 0 Å². The van der Waals surface area contributed by atoms with E-state index in [-0.39, 0.29) is 11.9 Å². The molecule has 0 saturated carbocycles. The normalized spacial score (nSPS) is 11.8. The monoisotopic (exact) mass is 266 g/mol. The predicted molar refractivity (Wildman–Crippen MR) is 67.5 cm³/mol. The van der Waals surface area contributed by atoms with Crippen LogP contribution >= 0.6 is 0 Å². The molecule has 10 nitrogen and oxygen atoms in total. The molecule has 0 amide bonds. The highest BCUT2D eigenvalue weighted by atomic mass is 15.3. The maximum Gasteiger partial charge on any atom is 0.271 e. The number of imidazole rings is 2. The van der Waals surface area contributed by atoms with Crippen molar-refractivity contribution in [1.82, 2.24) is 39.9 Å². The molecule has 0 atom stereocenters. The van der Waals surface area contributed by atoms with Crippen LogP contribution in [0.2, 0.25) is 0 Å². The van der Waals surface area contributed by atoms with Crippen molar-refractivity contribution in [3.8, 4) is 0 Å². The number of aromatic amines is 2. The molecule has 96 valence electrons. The average Bonchev–Trinajstić information content (AvgIpc) is 3.12. The third-order valence-corrected chi connectivity index (χ3v) is 2.55. The molecule has 0 fully saturated rings. The zero-order valence-corrected chi connectivity index (χ0v) is 9.89. The van der Waals surface area contributed by atoms with Crippen molar-refractivity contribution in [1.29, 1.82) is 0 Å². The molecule has 10 heteroatoms. The van der Waals surface area contributed by atoms with Crippen LogP contribution in [0.15, 0.2) is 35.3 Å². The number of azo groups is 1. The summed E-state index contributed by atoms with van der Waals surface area (Å²) in [7, 11) is 0. The number of nitrogens with one attached hydrogen (secondary N) is 2. The lowest BCUT2D eigenvalue weighted by Gasteiger charge is -1.91. The molecule has 0 aliphatic carbocycles. The van der Waals surface area contributed by atoms with Crippen LogP contribution in [0.5, 0.6) is 0 Å². The molecule has 4 aromatic heterocycles. The molecule has 4 aromatic rings. The molecule has 0 saturated heterocycles. The smallest absolute Gasteiger partial charge is 0.271 e. The van der Waals surface area contributed by atoms with E-state index in [9.17, 15) is 0 Å². The summed E-state index contributed by atoms with van der Waals surface area (Å²) < 4.78 is 0. The molecule has 0 unspecified atom stereocenters. The van der Waals surface area contributed by atoms with Crippen molar-refractivity contribution >= 4 is 34.2 Å². The van der Waals surface area contributed by atoms with Crippen LogP contribution in [-0.2, 0) is 0 Å². The van der Waals surface area contributed by atoms with Gasteiger partial charge in [-0.05, 0) is 0 Å². The lowest BCUT2D eigenvalue weighted by atomic mass is 10.6. The Kier molecular flexibility index (Phi) is 2.18. The average molecular weight is 266 g/mol. The summed E-state index contributed by atoms with van der Waals surface area (Å²) in [4.78, 5) is 30.1. The van der Waals surface area contributed by atoms with Crippen LogP contribution in [0, 0.1) is 0 Å². The van der Waals surface area contributed by atoms with Crippen LogP contribution in [0.25, 0.3) is 22.3 Å². The van der Waals surface area contributed by atoms with Gasteiger partial charge in [-0.15, -0.1) is 10.2 Å². The molecule has 0 bridgehead atoms. The minimum Gasteiger partial charge on any atom is -0.342 e. The van der Waals surface area contributed by atoms with E-state index in [1.54, 1.807) is 12.4 Å². The molecule has 0 aliphatic heterocycles. The number of hydrogen-bond donors (Lipinski definition) is 2. The quantitative estimate of drug-likeness (QED) is 0.527. The minimum absolute atomic E-state index is 0.190. The first-order valence-corrected chi connectivity index (χ1v) is 5.62. The number of aromatic nitrogens is 8. The zero-order valence-electron chi connectivity index (χ0n) is 9.89. The van der Waals surface area contributed by atoms with Crippen molar-refractivity contribution in [2.75, 3.05) is 0 Å². The van der Waals surface area contributed by atoms with E-state index in [1.807, 2.05) is 0 Å². The van der Waals surface area contributed by atoms with E-state index >= 15 is 0 Å². The summed E-state index contributed by atoms with van der Waals surface area (Å²) in [5.41, 5.74) is 2.52.